The van der Waals surface area contributed by atoms with Crippen molar-refractivity contribution in [2.45, 2.75) is 92.6 Å². The number of hydrogen-bond acceptors (Lipinski definition) is 3. The third-order valence-electron chi connectivity index (χ3n) is 9.82. The van der Waals surface area contributed by atoms with E-state index in [0.29, 0.717) is 32.1 Å². The second-order valence-corrected chi connectivity index (χ2v) is 12.2. The zero-order valence-corrected chi connectivity index (χ0v) is 22.4. The molecule has 0 saturated heterocycles. The molecule has 5 nitrogen and oxygen atoms in total. The van der Waals surface area contributed by atoms with Crippen molar-refractivity contribution in [2.75, 3.05) is 0 Å². The van der Waals surface area contributed by atoms with Crippen LogP contribution in [-0.2, 0) is 9.59 Å². The number of hydrogen-bond donors (Lipinski definition) is 3. The Morgan fingerprint density at radius 1 is 1.14 bits per heavy atom. The van der Waals surface area contributed by atoms with Crippen LogP contribution in [-0.4, -0.2) is 33.4 Å². The fraction of sp³-hybridized carbons (Fsp3) is 0.667. The molecular weight excluding hydrogens is 440 g/mol. The zero-order chi connectivity index (χ0) is 26.3. The molecule has 35 heavy (non-hydrogen) atoms. The molecule has 0 amide bonds. The highest BCUT2D eigenvalue weighted by atomic mass is 16.4. The van der Waals surface area contributed by atoms with Crippen LogP contribution in [0.2, 0.25) is 0 Å². The van der Waals surface area contributed by atoms with Crippen LogP contribution >= 0.6 is 0 Å². The summed E-state index contributed by atoms with van der Waals surface area (Å²) in [6, 6.07) is 0. The Bertz CT molecular complexity index is 983. The quantitative estimate of drug-likeness (QED) is 0.323. The maximum Gasteiger partial charge on any atom is 0.306 e. The Morgan fingerprint density at radius 2 is 1.80 bits per heavy atom. The normalized spacial score (nSPS) is 36.8. The van der Waals surface area contributed by atoms with Crippen LogP contribution in [0.4, 0.5) is 0 Å². The van der Waals surface area contributed by atoms with Crippen LogP contribution in [0.25, 0.3) is 0 Å². The molecule has 3 aliphatic rings. The molecule has 0 aromatic heterocycles. The molecule has 1 fully saturated rings. The van der Waals surface area contributed by atoms with E-state index in [0.717, 1.165) is 12.0 Å². The number of carboxylic acids is 2. The van der Waals surface area contributed by atoms with Crippen molar-refractivity contribution in [2.24, 2.45) is 34.0 Å². The summed E-state index contributed by atoms with van der Waals surface area (Å²) in [5.74, 6) is -2.44. The molecule has 0 spiro atoms. The molecule has 0 aromatic rings. The molecule has 7 atom stereocenters. The summed E-state index contributed by atoms with van der Waals surface area (Å²) < 4.78 is 0. The van der Waals surface area contributed by atoms with Gasteiger partial charge in [-0.25, -0.2) is 0 Å². The Labute approximate surface area is 210 Å². The van der Waals surface area contributed by atoms with Gasteiger partial charge in [-0.1, -0.05) is 56.7 Å². The van der Waals surface area contributed by atoms with Crippen molar-refractivity contribution >= 4 is 11.9 Å². The van der Waals surface area contributed by atoms with Crippen LogP contribution in [0.3, 0.4) is 0 Å². The topological polar surface area (TPSA) is 94.8 Å². The lowest BCUT2D eigenvalue weighted by molar-refractivity contribution is -0.148. The second-order valence-electron chi connectivity index (χ2n) is 12.2. The number of fused-ring (bicyclic) bond motifs is 3. The van der Waals surface area contributed by atoms with Crippen LogP contribution in [0, 0.1) is 34.0 Å². The minimum atomic E-state index is -0.831. The van der Waals surface area contributed by atoms with Crippen molar-refractivity contribution in [3.8, 4) is 0 Å². The van der Waals surface area contributed by atoms with Gasteiger partial charge in [-0.2, -0.15) is 0 Å². The van der Waals surface area contributed by atoms with Crippen LogP contribution in [0.5, 0.6) is 0 Å². The van der Waals surface area contributed by atoms with Crippen molar-refractivity contribution in [3.63, 3.8) is 0 Å². The van der Waals surface area contributed by atoms with E-state index in [-0.39, 0.29) is 29.1 Å². The largest absolute Gasteiger partial charge is 0.481 e. The van der Waals surface area contributed by atoms with Gasteiger partial charge in [0.15, 0.2) is 0 Å². The third-order valence-corrected chi connectivity index (χ3v) is 9.82. The first-order chi connectivity index (χ1) is 16.2. The number of rotatable bonds is 9. The summed E-state index contributed by atoms with van der Waals surface area (Å²) in [6.07, 6.45) is 9.70. The predicted octanol–water partition coefficient (Wildman–Crippen LogP) is 6.55. The monoisotopic (exact) mass is 484 g/mol. The van der Waals surface area contributed by atoms with E-state index in [1.54, 1.807) is 0 Å². The standard InChI is InChI=1S/C30H44O5/c1-18(2)9-8-10-20(27(34)35)26-24(31)17-30(7)23-12-11-21(19(3)4)28(5,15-14-25(32)33)22(23)13-16-29(26,30)6/h9,12-13,20-21,24,26,31H,3,8,10-11,14-17H2,1-2,4-7H3,(H,32,33)(H,34,35)/t20?,21?,24?,26?,28-,29+,30-/m0/s1. The van der Waals surface area contributed by atoms with Gasteiger partial charge in [-0.15, -0.1) is 0 Å². The van der Waals surface area contributed by atoms with E-state index in [1.807, 2.05) is 20.8 Å². The van der Waals surface area contributed by atoms with Crippen LogP contribution in [0.15, 0.2) is 47.1 Å². The molecule has 5 heteroatoms. The predicted molar refractivity (Wildman–Crippen MR) is 139 cm³/mol. The lowest BCUT2D eigenvalue weighted by Gasteiger charge is -2.56. The highest BCUT2D eigenvalue weighted by Gasteiger charge is 2.65. The summed E-state index contributed by atoms with van der Waals surface area (Å²) in [4.78, 5) is 24.0. The van der Waals surface area contributed by atoms with Gasteiger partial charge in [0.25, 0.3) is 0 Å². The maximum absolute atomic E-state index is 12.5. The molecule has 194 valence electrons. The number of aliphatic hydroxyl groups is 1. The van der Waals surface area contributed by atoms with Crippen molar-refractivity contribution < 1.29 is 24.9 Å². The summed E-state index contributed by atoms with van der Waals surface area (Å²) in [7, 11) is 0. The molecule has 0 aliphatic heterocycles. The molecule has 3 rings (SSSR count). The SMILES string of the molecule is C=C(C)C1CC=C2C(=CC[C@]3(C)C(C(CCC=C(C)C)C(=O)O)C(O)C[C@@]23C)[C@@]1(C)CCC(=O)O. The lowest BCUT2D eigenvalue weighted by Crippen LogP contribution is -2.48. The number of aliphatic hydroxyl groups excluding tert-OH is 1. The van der Waals surface area contributed by atoms with Gasteiger partial charge in [0.1, 0.15) is 0 Å². The highest BCUT2D eigenvalue weighted by Crippen LogP contribution is 2.70. The molecule has 3 N–H and O–H groups in total. The average Bonchev–Trinajstić information content (AvgIpc) is 2.95. The molecule has 1 saturated carbocycles. The smallest absolute Gasteiger partial charge is 0.306 e. The van der Waals surface area contributed by atoms with Gasteiger partial charge < -0.3 is 15.3 Å². The first kappa shape index (κ1) is 27.4. The Hall–Kier alpha value is -2.14. The zero-order valence-electron chi connectivity index (χ0n) is 22.4. The van der Waals surface area contributed by atoms with E-state index in [1.165, 1.54) is 16.7 Å². The van der Waals surface area contributed by atoms with Gasteiger partial charge in [-0.3, -0.25) is 9.59 Å². The molecular formula is C30H44O5. The Balaban J connectivity index is 2.07. The third kappa shape index (κ3) is 4.57. The second kappa shape index (κ2) is 9.72. The molecule has 0 heterocycles. The van der Waals surface area contributed by atoms with E-state index in [9.17, 15) is 24.9 Å². The minimum absolute atomic E-state index is 0.0928. The fourth-order valence-electron chi connectivity index (χ4n) is 7.77. The molecule has 3 aliphatic carbocycles. The molecule has 0 bridgehead atoms. The number of allylic oxidation sites excluding steroid dienone is 7. The van der Waals surface area contributed by atoms with E-state index in [2.05, 4.69) is 45.6 Å². The first-order valence-electron chi connectivity index (χ1n) is 13.0. The average molecular weight is 485 g/mol. The van der Waals surface area contributed by atoms with Crippen LogP contribution < -0.4 is 0 Å². The Kier molecular flexibility index (Phi) is 7.63. The van der Waals surface area contributed by atoms with Gasteiger partial charge >= 0.3 is 11.9 Å². The van der Waals surface area contributed by atoms with Gasteiger partial charge in [-0.05, 0) is 87.2 Å². The van der Waals surface area contributed by atoms with E-state index >= 15 is 0 Å². The summed E-state index contributed by atoms with van der Waals surface area (Å²) in [5.41, 5.74) is 3.46. The highest BCUT2D eigenvalue weighted by molar-refractivity contribution is 5.71. The number of carboxylic acid groups (broad SMARTS) is 2. The van der Waals surface area contributed by atoms with Crippen molar-refractivity contribution in [3.05, 3.63) is 47.1 Å². The molecule has 0 aromatic carbocycles. The summed E-state index contributed by atoms with van der Waals surface area (Å²) in [6.45, 7) is 16.8. The van der Waals surface area contributed by atoms with Gasteiger partial charge in [0.2, 0.25) is 0 Å². The van der Waals surface area contributed by atoms with E-state index < -0.39 is 29.4 Å². The summed E-state index contributed by atoms with van der Waals surface area (Å²) >= 11 is 0. The minimum Gasteiger partial charge on any atom is -0.481 e. The van der Waals surface area contributed by atoms with Crippen molar-refractivity contribution in [1.29, 1.82) is 0 Å². The fourth-order valence-corrected chi connectivity index (χ4v) is 7.77. The van der Waals surface area contributed by atoms with E-state index in [4.69, 9.17) is 0 Å². The molecule has 0 radical (unpaired) electrons. The lowest BCUT2D eigenvalue weighted by atomic mass is 9.48. The first-order valence-corrected chi connectivity index (χ1v) is 13.0. The van der Waals surface area contributed by atoms with Crippen molar-refractivity contribution in [1.82, 2.24) is 0 Å². The van der Waals surface area contributed by atoms with Crippen LogP contribution in [0.1, 0.15) is 86.5 Å². The van der Waals surface area contributed by atoms with Gasteiger partial charge in [0.05, 0.1) is 12.0 Å². The Morgan fingerprint density at radius 3 is 2.34 bits per heavy atom. The summed E-state index contributed by atoms with van der Waals surface area (Å²) in [5, 5.41) is 31.1. The number of carbonyl (C=O) groups is 2. The van der Waals surface area contributed by atoms with Gasteiger partial charge in [0, 0.05) is 17.8 Å². The molecule has 4 unspecified atom stereocenters. The maximum atomic E-state index is 12.5. The number of aliphatic carboxylic acids is 2.